The molecule has 0 aliphatic heterocycles. The standard InChI is InChI=1S/C17H17N3O5/c1-12(21)19(11-14-5-3-7-16(9-14)20(24)25)10-13-4-2-6-15(8-13)18-17(22)23/h2-9,18H,10-11H2,1H3,(H,22,23). The minimum absolute atomic E-state index is 0.0337. The minimum Gasteiger partial charge on any atom is -0.465 e. The number of nitrogens with zero attached hydrogens (tertiary/aromatic N) is 2. The summed E-state index contributed by atoms with van der Waals surface area (Å²) < 4.78 is 0. The Labute approximate surface area is 143 Å². The third-order valence-corrected chi connectivity index (χ3v) is 3.49. The second-order valence-corrected chi connectivity index (χ2v) is 5.43. The van der Waals surface area contributed by atoms with Crippen LogP contribution in [0.15, 0.2) is 48.5 Å². The summed E-state index contributed by atoms with van der Waals surface area (Å²) in [6.07, 6.45) is -1.17. The Morgan fingerprint density at radius 1 is 1.12 bits per heavy atom. The molecule has 0 aromatic heterocycles. The van der Waals surface area contributed by atoms with Gasteiger partial charge in [-0.25, -0.2) is 4.79 Å². The molecule has 0 saturated heterocycles. The normalized spacial score (nSPS) is 10.1. The van der Waals surface area contributed by atoms with E-state index >= 15 is 0 Å². The first-order chi connectivity index (χ1) is 11.8. The van der Waals surface area contributed by atoms with Crippen molar-refractivity contribution in [2.24, 2.45) is 0 Å². The fourth-order valence-electron chi connectivity index (χ4n) is 2.36. The van der Waals surface area contributed by atoms with E-state index in [-0.39, 0.29) is 24.7 Å². The van der Waals surface area contributed by atoms with Gasteiger partial charge in [-0.2, -0.15) is 0 Å². The average Bonchev–Trinajstić information content (AvgIpc) is 2.54. The molecule has 2 amide bonds. The van der Waals surface area contributed by atoms with Crippen LogP contribution < -0.4 is 5.32 Å². The van der Waals surface area contributed by atoms with E-state index in [0.717, 1.165) is 5.56 Å². The number of rotatable bonds is 6. The number of hydrogen-bond acceptors (Lipinski definition) is 4. The number of nitro groups is 1. The van der Waals surface area contributed by atoms with E-state index in [1.165, 1.54) is 24.0 Å². The summed E-state index contributed by atoms with van der Waals surface area (Å²) in [5.74, 6) is -0.192. The molecule has 2 aromatic carbocycles. The van der Waals surface area contributed by atoms with Gasteiger partial charge in [-0.05, 0) is 23.3 Å². The number of benzene rings is 2. The zero-order valence-electron chi connectivity index (χ0n) is 13.5. The molecule has 0 unspecified atom stereocenters. The van der Waals surface area contributed by atoms with Crippen molar-refractivity contribution in [3.05, 3.63) is 69.8 Å². The summed E-state index contributed by atoms with van der Waals surface area (Å²) >= 11 is 0. The van der Waals surface area contributed by atoms with Gasteiger partial charge in [0, 0.05) is 37.8 Å². The van der Waals surface area contributed by atoms with Gasteiger partial charge in [0.1, 0.15) is 0 Å². The van der Waals surface area contributed by atoms with Crippen molar-refractivity contribution >= 4 is 23.4 Å². The number of non-ortho nitro benzene ring substituents is 1. The van der Waals surface area contributed by atoms with Crippen LogP contribution in [0, 0.1) is 10.1 Å². The third kappa shape index (κ3) is 5.31. The topological polar surface area (TPSA) is 113 Å². The van der Waals surface area contributed by atoms with Crippen LogP contribution in [0.1, 0.15) is 18.1 Å². The number of amides is 2. The Hall–Kier alpha value is -3.42. The fraction of sp³-hybridized carbons (Fsp3) is 0.176. The van der Waals surface area contributed by atoms with Crippen molar-refractivity contribution in [1.82, 2.24) is 4.90 Å². The van der Waals surface area contributed by atoms with Gasteiger partial charge in [-0.15, -0.1) is 0 Å². The quantitative estimate of drug-likeness (QED) is 0.617. The number of carboxylic acid groups (broad SMARTS) is 1. The number of anilines is 1. The molecule has 0 aliphatic carbocycles. The molecule has 2 rings (SSSR count). The highest BCUT2D eigenvalue weighted by Gasteiger charge is 2.13. The smallest absolute Gasteiger partial charge is 0.409 e. The molecule has 0 bridgehead atoms. The number of hydrogen-bond donors (Lipinski definition) is 2. The molecule has 25 heavy (non-hydrogen) atoms. The van der Waals surface area contributed by atoms with Crippen molar-refractivity contribution in [3.8, 4) is 0 Å². The fourth-order valence-corrected chi connectivity index (χ4v) is 2.36. The van der Waals surface area contributed by atoms with Gasteiger partial charge < -0.3 is 10.0 Å². The average molecular weight is 343 g/mol. The minimum atomic E-state index is -1.17. The largest absolute Gasteiger partial charge is 0.465 e. The summed E-state index contributed by atoms with van der Waals surface area (Å²) in [5, 5.41) is 21.9. The molecule has 0 spiro atoms. The van der Waals surface area contributed by atoms with Crippen molar-refractivity contribution < 1.29 is 19.6 Å². The highest BCUT2D eigenvalue weighted by molar-refractivity contribution is 5.82. The van der Waals surface area contributed by atoms with E-state index in [2.05, 4.69) is 5.32 Å². The van der Waals surface area contributed by atoms with Gasteiger partial charge in [0.25, 0.3) is 5.69 Å². The Bertz CT molecular complexity index is 806. The van der Waals surface area contributed by atoms with Crippen LogP contribution in [0.5, 0.6) is 0 Å². The maximum atomic E-state index is 11.9. The molecule has 0 saturated carbocycles. The van der Waals surface area contributed by atoms with Crippen LogP contribution >= 0.6 is 0 Å². The molecule has 0 atom stereocenters. The van der Waals surface area contributed by atoms with Crippen molar-refractivity contribution in [1.29, 1.82) is 0 Å². The molecule has 8 heteroatoms. The molecule has 2 aromatic rings. The van der Waals surface area contributed by atoms with E-state index in [1.807, 2.05) is 0 Å². The van der Waals surface area contributed by atoms with Crippen molar-refractivity contribution in [3.63, 3.8) is 0 Å². The Morgan fingerprint density at radius 3 is 2.28 bits per heavy atom. The molecule has 0 radical (unpaired) electrons. The molecular weight excluding hydrogens is 326 g/mol. The lowest BCUT2D eigenvalue weighted by Gasteiger charge is -2.21. The van der Waals surface area contributed by atoms with Crippen LogP contribution in [0.4, 0.5) is 16.2 Å². The lowest BCUT2D eigenvalue weighted by atomic mass is 10.1. The number of carbonyl (C=O) groups excluding carboxylic acids is 1. The van der Waals surface area contributed by atoms with Gasteiger partial charge in [-0.1, -0.05) is 24.3 Å². The summed E-state index contributed by atoms with van der Waals surface area (Å²) in [6, 6.07) is 12.8. The maximum Gasteiger partial charge on any atom is 0.409 e. The van der Waals surface area contributed by atoms with Crippen LogP contribution in [0.25, 0.3) is 0 Å². The second kappa shape index (κ2) is 7.91. The first-order valence-electron chi connectivity index (χ1n) is 7.43. The van der Waals surface area contributed by atoms with Crippen LogP contribution in [-0.4, -0.2) is 26.9 Å². The first-order valence-corrected chi connectivity index (χ1v) is 7.43. The van der Waals surface area contributed by atoms with E-state index in [1.54, 1.807) is 36.4 Å². The lowest BCUT2D eigenvalue weighted by molar-refractivity contribution is -0.384. The van der Waals surface area contributed by atoms with Crippen LogP contribution in [0.2, 0.25) is 0 Å². The van der Waals surface area contributed by atoms with Gasteiger partial charge in [0.05, 0.1) is 4.92 Å². The number of nitrogens with one attached hydrogen (secondary N) is 1. The molecular formula is C17H17N3O5. The predicted molar refractivity (Wildman–Crippen MR) is 91.1 cm³/mol. The zero-order valence-corrected chi connectivity index (χ0v) is 13.5. The molecule has 8 nitrogen and oxygen atoms in total. The molecule has 0 aliphatic rings. The van der Waals surface area contributed by atoms with E-state index in [4.69, 9.17) is 5.11 Å². The SMILES string of the molecule is CC(=O)N(Cc1cccc(NC(=O)O)c1)Cc1cccc([N+](=O)[O-])c1. The summed E-state index contributed by atoms with van der Waals surface area (Å²) in [6.45, 7) is 1.89. The Kier molecular flexibility index (Phi) is 5.67. The number of carbonyl (C=O) groups is 2. The van der Waals surface area contributed by atoms with Gasteiger partial charge in [0.2, 0.25) is 5.91 Å². The molecule has 2 N–H and O–H groups in total. The highest BCUT2D eigenvalue weighted by atomic mass is 16.6. The summed E-state index contributed by atoms with van der Waals surface area (Å²) in [5.41, 5.74) is 1.76. The van der Waals surface area contributed by atoms with Crippen molar-refractivity contribution in [2.75, 3.05) is 5.32 Å². The van der Waals surface area contributed by atoms with Gasteiger partial charge in [-0.3, -0.25) is 20.2 Å². The molecule has 130 valence electrons. The van der Waals surface area contributed by atoms with Crippen LogP contribution in [0.3, 0.4) is 0 Å². The third-order valence-electron chi connectivity index (χ3n) is 3.49. The molecule has 0 heterocycles. The molecule has 0 fully saturated rings. The highest BCUT2D eigenvalue weighted by Crippen LogP contribution is 2.18. The van der Waals surface area contributed by atoms with Gasteiger partial charge in [0.15, 0.2) is 0 Å². The number of nitro benzene ring substituents is 1. The van der Waals surface area contributed by atoms with E-state index in [0.29, 0.717) is 11.3 Å². The van der Waals surface area contributed by atoms with Crippen LogP contribution in [-0.2, 0) is 17.9 Å². The zero-order chi connectivity index (χ0) is 18.4. The van der Waals surface area contributed by atoms with Gasteiger partial charge >= 0.3 is 6.09 Å². The Balaban J connectivity index is 2.16. The first kappa shape index (κ1) is 17.9. The summed E-state index contributed by atoms with van der Waals surface area (Å²) in [4.78, 5) is 34.5. The summed E-state index contributed by atoms with van der Waals surface area (Å²) in [7, 11) is 0. The second-order valence-electron chi connectivity index (χ2n) is 5.43. The van der Waals surface area contributed by atoms with Crippen molar-refractivity contribution in [2.45, 2.75) is 20.0 Å². The maximum absolute atomic E-state index is 11.9. The monoisotopic (exact) mass is 343 g/mol. The Morgan fingerprint density at radius 2 is 1.72 bits per heavy atom. The lowest BCUT2D eigenvalue weighted by Crippen LogP contribution is -2.27. The predicted octanol–water partition coefficient (Wildman–Crippen LogP) is 3.23. The van der Waals surface area contributed by atoms with E-state index in [9.17, 15) is 19.7 Å². The van der Waals surface area contributed by atoms with E-state index < -0.39 is 11.0 Å².